The van der Waals surface area contributed by atoms with Gasteiger partial charge in [0.25, 0.3) is 0 Å². The lowest BCUT2D eigenvalue weighted by molar-refractivity contribution is -0.588. The molecule has 0 bridgehead atoms. The molecule has 1 aromatic rings. The van der Waals surface area contributed by atoms with Crippen LogP contribution in [0, 0.1) is 6.54 Å². The maximum absolute atomic E-state index is 3.89. The Morgan fingerprint density at radius 2 is 2.18 bits per heavy atom. The molecule has 0 radical (unpaired) electrons. The molecule has 1 heterocycles. The minimum atomic E-state index is 1.16. The summed E-state index contributed by atoms with van der Waals surface area (Å²) < 4.78 is 1.87. The molecule has 1 aliphatic rings. The molecule has 2 heteroatoms. The average molecular weight is 146 g/mol. The molecule has 56 valence electrons. The van der Waals surface area contributed by atoms with Gasteiger partial charge in [-0.05, 0) is 12.6 Å². The van der Waals surface area contributed by atoms with Gasteiger partial charge in [0.15, 0.2) is 6.72 Å². The molecule has 0 amide bonds. The maximum atomic E-state index is 3.89. The molecule has 2 rings (SSSR count). The normalized spacial score (nSPS) is 14.6. The van der Waals surface area contributed by atoms with E-state index in [0.29, 0.717) is 0 Å². The van der Waals surface area contributed by atoms with Crippen molar-refractivity contribution >= 4 is 12.4 Å². The first-order valence-corrected chi connectivity index (χ1v) is 3.56. The van der Waals surface area contributed by atoms with Crippen molar-refractivity contribution in [3.8, 4) is 0 Å². The zero-order valence-electron chi connectivity index (χ0n) is 6.49. The summed E-state index contributed by atoms with van der Waals surface area (Å²) in [6.45, 7) is 5.95. The van der Waals surface area contributed by atoms with Crippen molar-refractivity contribution in [1.29, 1.82) is 0 Å². The molecular weight excluding hydrogens is 136 g/mol. The summed E-state index contributed by atoms with van der Waals surface area (Å²) in [6, 6.07) is 8.19. The van der Waals surface area contributed by atoms with Crippen molar-refractivity contribution in [3.63, 3.8) is 0 Å². The number of nitrogens with zero attached hydrogens (tertiary/aromatic N) is 2. The third-order valence-corrected chi connectivity index (χ3v) is 1.92. The minimum absolute atomic E-state index is 1.16. The summed E-state index contributed by atoms with van der Waals surface area (Å²) in [7, 11) is 1.98. The lowest BCUT2D eigenvalue weighted by Crippen LogP contribution is -2.17. The number of hydrazine groups is 1. The number of fused-ring (bicyclic) bond motifs is 1. The van der Waals surface area contributed by atoms with Crippen LogP contribution in [0.3, 0.4) is 0 Å². The fraction of sp³-hybridized carbons (Fsp3) is 0.111. The van der Waals surface area contributed by atoms with Crippen molar-refractivity contribution in [2.75, 3.05) is 7.05 Å². The number of hydrogen-bond donors (Lipinski definition) is 0. The van der Waals surface area contributed by atoms with E-state index in [0.717, 1.165) is 5.69 Å². The SMILES string of the molecule is C=[N+]1c2ccccc2[CH-]N1C. The standard InChI is InChI=1S/C9H10N2/c1-10-7-8-5-3-4-6-9(8)11(10)2/h3-7H,2H2,1H3. The molecule has 0 saturated carbocycles. The van der Waals surface area contributed by atoms with Crippen LogP contribution in [0.2, 0.25) is 0 Å². The maximum Gasteiger partial charge on any atom is 0.150 e. The van der Waals surface area contributed by atoms with Crippen molar-refractivity contribution in [2.45, 2.75) is 0 Å². The third kappa shape index (κ3) is 0.792. The lowest BCUT2D eigenvalue weighted by Gasteiger charge is -2.07. The monoisotopic (exact) mass is 146 g/mol. The van der Waals surface area contributed by atoms with Gasteiger partial charge in [0, 0.05) is 0 Å². The Morgan fingerprint density at radius 3 is 2.91 bits per heavy atom. The van der Waals surface area contributed by atoms with E-state index < -0.39 is 0 Å². The molecule has 1 aliphatic heterocycles. The van der Waals surface area contributed by atoms with Gasteiger partial charge in [-0.3, -0.25) is 0 Å². The zero-order valence-corrected chi connectivity index (χ0v) is 6.49. The first-order valence-electron chi connectivity index (χ1n) is 3.56. The van der Waals surface area contributed by atoms with Gasteiger partial charge in [-0.15, -0.1) is 10.8 Å². The van der Waals surface area contributed by atoms with Crippen LogP contribution in [0.5, 0.6) is 0 Å². The third-order valence-electron chi connectivity index (χ3n) is 1.92. The second kappa shape index (κ2) is 2.02. The quantitative estimate of drug-likeness (QED) is 0.396. The Bertz CT molecular complexity index is 304. The number of benzene rings is 1. The minimum Gasteiger partial charge on any atom is -0.221 e. The molecule has 0 saturated heterocycles. The fourth-order valence-corrected chi connectivity index (χ4v) is 1.27. The Balaban J connectivity index is 2.55. The van der Waals surface area contributed by atoms with Crippen molar-refractivity contribution in [1.82, 2.24) is 5.01 Å². The number of para-hydroxylation sites is 1. The summed E-state index contributed by atoms with van der Waals surface area (Å²) in [5, 5.41) is 1.96. The molecule has 0 unspecified atom stereocenters. The topological polar surface area (TPSA) is 6.25 Å². The van der Waals surface area contributed by atoms with Crippen LogP contribution < -0.4 is 0 Å². The molecule has 11 heavy (non-hydrogen) atoms. The smallest absolute Gasteiger partial charge is 0.150 e. The van der Waals surface area contributed by atoms with E-state index in [1.165, 1.54) is 5.56 Å². The predicted molar refractivity (Wildman–Crippen MR) is 44.6 cm³/mol. The van der Waals surface area contributed by atoms with E-state index in [1.807, 2.05) is 28.9 Å². The van der Waals surface area contributed by atoms with Crippen molar-refractivity contribution < 1.29 is 4.68 Å². The van der Waals surface area contributed by atoms with Gasteiger partial charge in [-0.2, -0.15) is 6.07 Å². The van der Waals surface area contributed by atoms with Crippen molar-refractivity contribution in [3.05, 3.63) is 36.4 Å². The highest BCUT2D eigenvalue weighted by Gasteiger charge is 2.16. The van der Waals surface area contributed by atoms with Gasteiger partial charge in [-0.25, -0.2) is 5.01 Å². The molecule has 0 aromatic heterocycles. The Morgan fingerprint density at radius 1 is 1.45 bits per heavy atom. The van der Waals surface area contributed by atoms with E-state index in [9.17, 15) is 0 Å². The van der Waals surface area contributed by atoms with Gasteiger partial charge in [0.1, 0.15) is 5.69 Å². The van der Waals surface area contributed by atoms with E-state index in [1.54, 1.807) is 0 Å². The second-order valence-corrected chi connectivity index (χ2v) is 2.66. The largest absolute Gasteiger partial charge is 0.221 e. The first-order chi connectivity index (χ1) is 5.29. The Kier molecular flexibility index (Phi) is 1.15. The van der Waals surface area contributed by atoms with E-state index in [4.69, 9.17) is 0 Å². The molecular formula is C9H10N2. The Hall–Kier alpha value is -1.44. The van der Waals surface area contributed by atoms with Gasteiger partial charge in [0.2, 0.25) is 0 Å². The summed E-state index contributed by atoms with van der Waals surface area (Å²) in [5.41, 5.74) is 2.39. The molecule has 0 aliphatic carbocycles. The van der Waals surface area contributed by atoms with E-state index in [-0.39, 0.29) is 0 Å². The van der Waals surface area contributed by atoms with Gasteiger partial charge < -0.3 is 0 Å². The summed E-state index contributed by atoms with van der Waals surface area (Å²) >= 11 is 0. The van der Waals surface area contributed by atoms with Crippen LogP contribution in [0.1, 0.15) is 5.56 Å². The van der Waals surface area contributed by atoms with Gasteiger partial charge >= 0.3 is 0 Å². The number of rotatable bonds is 0. The average Bonchev–Trinajstić information content (AvgIpc) is 2.30. The highest BCUT2D eigenvalue weighted by molar-refractivity contribution is 5.47. The van der Waals surface area contributed by atoms with Gasteiger partial charge in [0.05, 0.1) is 7.05 Å². The Labute approximate surface area is 66.4 Å². The summed E-state index contributed by atoms with van der Waals surface area (Å²) in [4.78, 5) is 0. The molecule has 0 fully saturated rings. The molecule has 0 atom stereocenters. The number of hydrazone groups is 1. The van der Waals surface area contributed by atoms with Crippen LogP contribution in [-0.4, -0.2) is 23.5 Å². The van der Waals surface area contributed by atoms with E-state index >= 15 is 0 Å². The lowest BCUT2D eigenvalue weighted by atomic mass is 10.2. The number of hydrogen-bond acceptors (Lipinski definition) is 1. The van der Waals surface area contributed by atoms with Crippen LogP contribution in [0.15, 0.2) is 24.3 Å². The van der Waals surface area contributed by atoms with Crippen LogP contribution in [0.25, 0.3) is 0 Å². The van der Waals surface area contributed by atoms with Gasteiger partial charge in [-0.1, -0.05) is 11.6 Å². The van der Waals surface area contributed by atoms with Crippen LogP contribution in [0.4, 0.5) is 5.69 Å². The van der Waals surface area contributed by atoms with Crippen molar-refractivity contribution in [2.24, 2.45) is 0 Å². The highest BCUT2D eigenvalue weighted by Crippen LogP contribution is 2.27. The summed E-state index contributed by atoms with van der Waals surface area (Å²) in [5.74, 6) is 0. The first kappa shape index (κ1) is 6.28. The molecule has 2 nitrogen and oxygen atoms in total. The molecule has 0 spiro atoms. The van der Waals surface area contributed by atoms with Crippen LogP contribution >= 0.6 is 0 Å². The molecule has 0 N–H and O–H groups in total. The predicted octanol–water partition coefficient (Wildman–Crippen LogP) is 1.40. The zero-order chi connectivity index (χ0) is 7.84. The van der Waals surface area contributed by atoms with E-state index in [2.05, 4.69) is 25.4 Å². The van der Waals surface area contributed by atoms with Crippen LogP contribution in [-0.2, 0) is 0 Å². The highest BCUT2D eigenvalue weighted by atomic mass is 15.6. The fourth-order valence-electron chi connectivity index (χ4n) is 1.27. The second-order valence-electron chi connectivity index (χ2n) is 2.66. The summed E-state index contributed by atoms with van der Waals surface area (Å²) in [6.07, 6.45) is 0. The molecule has 1 aromatic carbocycles.